The van der Waals surface area contributed by atoms with Gasteiger partial charge in [-0.05, 0) is 75.1 Å². The number of morpholine rings is 1. The van der Waals surface area contributed by atoms with Crippen molar-refractivity contribution >= 4 is 34.7 Å². The van der Waals surface area contributed by atoms with Gasteiger partial charge in [-0.3, -0.25) is 14.5 Å². The van der Waals surface area contributed by atoms with Crippen molar-refractivity contribution in [1.82, 2.24) is 29.3 Å². The molecule has 2 amide bonds. The van der Waals surface area contributed by atoms with E-state index in [1.54, 1.807) is 10.7 Å². The van der Waals surface area contributed by atoms with E-state index in [9.17, 15) is 22.8 Å². The Morgan fingerprint density at radius 2 is 1.72 bits per heavy atom. The number of ether oxygens (including phenoxy) is 1. The molecule has 5 heterocycles. The van der Waals surface area contributed by atoms with E-state index < -0.39 is 24.9 Å². The van der Waals surface area contributed by atoms with Gasteiger partial charge in [0, 0.05) is 74.7 Å². The number of nitrogens with one attached hydrogen (secondary N) is 1. The highest BCUT2D eigenvalue weighted by atomic mass is 19.4. The lowest BCUT2D eigenvalue weighted by molar-refractivity contribution is -0.148. The fraction of sp³-hybridized carbons (Fsp3) is 0.515. The Bertz CT molecular complexity index is 1570. The number of likely N-dealkylation sites (tertiary alicyclic amines) is 1. The molecule has 0 bridgehead atoms. The lowest BCUT2D eigenvalue weighted by atomic mass is 10.00. The molecule has 3 aromatic rings. The highest BCUT2D eigenvalue weighted by Gasteiger charge is 2.32. The number of aromatic nitrogens is 3. The molecule has 1 aromatic carbocycles. The first-order valence-electron chi connectivity index (χ1n) is 16.0. The van der Waals surface area contributed by atoms with Crippen molar-refractivity contribution in [3.63, 3.8) is 0 Å². The highest BCUT2D eigenvalue weighted by Crippen LogP contribution is 2.28. The fourth-order valence-corrected chi connectivity index (χ4v) is 6.71. The summed E-state index contributed by atoms with van der Waals surface area (Å²) >= 11 is 0. The minimum Gasteiger partial charge on any atom is -0.373 e. The van der Waals surface area contributed by atoms with E-state index in [2.05, 4.69) is 34.1 Å². The highest BCUT2D eigenvalue weighted by molar-refractivity contribution is 5.94. The van der Waals surface area contributed by atoms with E-state index >= 15 is 0 Å². The van der Waals surface area contributed by atoms with Gasteiger partial charge in [0.05, 0.1) is 18.6 Å². The third kappa shape index (κ3) is 7.52. The average molecular weight is 640 g/mol. The van der Waals surface area contributed by atoms with Gasteiger partial charge in [0.2, 0.25) is 11.9 Å². The molecule has 0 radical (unpaired) electrons. The van der Waals surface area contributed by atoms with Gasteiger partial charge in [-0.1, -0.05) is 6.08 Å². The van der Waals surface area contributed by atoms with E-state index in [0.29, 0.717) is 36.2 Å². The molecule has 6 rings (SSSR count). The summed E-state index contributed by atoms with van der Waals surface area (Å²) in [6.07, 6.45) is 0.555. The predicted molar refractivity (Wildman–Crippen MR) is 168 cm³/mol. The zero-order valence-electron chi connectivity index (χ0n) is 26.2. The number of hydrogen-bond donors (Lipinski definition) is 1. The maximum absolute atomic E-state index is 13.3. The lowest BCUT2D eigenvalue weighted by Gasteiger charge is -2.43. The predicted octanol–water partition coefficient (Wildman–Crippen LogP) is 5.14. The fourth-order valence-electron chi connectivity index (χ4n) is 6.71. The Morgan fingerprint density at radius 3 is 2.37 bits per heavy atom. The maximum Gasteiger partial charge on any atom is 0.389 e. The van der Waals surface area contributed by atoms with Crippen molar-refractivity contribution in [2.45, 2.75) is 70.4 Å². The Balaban J connectivity index is 1.05. The van der Waals surface area contributed by atoms with Crippen LogP contribution in [0.2, 0.25) is 0 Å². The molecule has 2 atom stereocenters. The largest absolute Gasteiger partial charge is 0.389 e. The molecule has 3 aliphatic rings. The SMILES string of the molecule is C[C@@H]1CN(C2CCN(C(=O)c3ccc(Nc4nc5c(C6=CCN(C(=O)CCC(F)(F)F)CC6)cccn5n4)cc3)CC2)C[C@H](C)O1. The minimum absolute atomic E-state index is 0.0329. The first kappa shape index (κ1) is 32.0. The monoisotopic (exact) mass is 639 g/mol. The first-order chi connectivity index (χ1) is 22.0. The molecule has 2 saturated heterocycles. The van der Waals surface area contributed by atoms with Crippen LogP contribution in [0.4, 0.5) is 24.8 Å². The smallest absolute Gasteiger partial charge is 0.373 e. The maximum atomic E-state index is 13.3. The Hall–Kier alpha value is -3.97. The normalized spacial score (nSPS) is 21.8. The quantitative estimate of drug-likeness (QED) is 0.383. The van der Waals surface area contributed by atoms with Crippen molar-refractivity contribution in [2.24, 2.45) is 0 Å². The van der Waals surface area contributed by atoms with Gasteiger partial charge >= 0.3 is 6.18 Å². The van der Waals surface area contributed by atoms with Crippen LogP contribution in [0, 0.1) is 0 Å². The van der Waals surface area contributed by atoms with Crippen LogP contribution < -0.4 is 5.32 Å². The van der Waals surface area contributed by atoms with Crippen LogP contribution in [-0.4, -0.2) is 105 Å². The third-order valence-electron chi connectivity index (χ3n) is 9.00. The molecule has 0 aliphatic carbocycles. The Morgan fingerprint density at radius 1 is 1.00 bits per heavy atom. The summed E-state index contributed by atoms with van der Waals surface area (Å²) in [6, 6.07) is 11.6. The van der Waals surface area contributed by atoms with Gasteiger partial charge in [-0.2, -0.15) is 18.2 Å². The lowest BCUT2D eigenvalue weighted by Crippen LogP contribution is -2.53. The van der Waals surface area contributed by atoms with Crippen LogP contribution >= 0.6 is 0 Å². The second kappa shape index (κ2) is 13.4. The van der Waals surface area contributed by atoms with Crippen molar-refractivity contribution in [3.8, 4) is 0 Å². The number of rotatable bonds is 7. The van der Waals surface area contributed by atoms with Crippen molar-refractivity contribution in [3.05, 3.63) is 59.8 Å². The van der Waals surface area contributed by atoms with Crippen LogP contribution in [0.1, 0.15) is 61.9 Å². The van der Waals surface area contributed by atoms with Crippen molar-refractivity contribution < 1.29 is 27.5 Å². The molecule has 2 aromatic heterocycles. The topological polar surface area (TPSA) is 95.3 Å². The van der Waals surface area contributed by atoms with Gasteiger partial charge in [0.1, 0.15) is 0 Å². The van der Waals surface area contributed by atoms with E-state index in [4.69, 9.17) is 4.74 Å². The second-order valence-electron chi connectivity index (χ2n) is 12.5. The molecule has 2 fully saturated rings. The molecule has 246 valence electrons. The van der Waals surface area contributed by atoms with Crippen molar-refractivity contribution in [2.75, 3.05) is 44.6 Å². The van der Waals surface area contributed by atoms with Crippen LogP contribution in [0.5, 0.6) is 0 Å². The molecule has 3 aliphatic heterocycles. The number of hydrogen-bond acceptors (Lipinski definition) is 7. The van der Waals surface area contributed by atoms with Crippen LogP contribution in [0.3, 0.4) is 0 Å². The van der Waals surface area contributed by atoms with Crippen LogP contribution in [0.15, 0.2) is 48.7 Å². The van der Waals surface area contributed by atoms with Crippen molar-refractivity contribution in [1.29, 1.82) is 0 Å². The number of alkyl halides is 3. The number of halogens is 3. The van der Waals surface area contributed by atoms with Gasteiger partial charge in [-0.25, -0.2) is 4.52 Å². The summed E-state index contributed by atoms with van der Waals surface area (Å²) in [5.41, 5.74) is 3.83. The number of piperidine rings is 1. The molecular formula is C33H40F3N7O3. The van der Waals surface area contributed by atoms with E-state index in [0.717, 1.165) is 55.8 Å². The molecule has 0 spiro atoms. The van der Waals surface area contributed by atoms with E-state index in [1.807, 2.05) is 47.4 Å². The summed E-state index contributed by atoms with van der Waals surface area (Å²) in [7, 11) is 0. The number of anilines is 2. The molecule has 1 N–H and O–H groups in total. The zero-order valence-corrected chi connectivity index (χ0v) is 26.2. The summed E-state index contributed by atoms with van der Waals surface area (Å²) in [5.74, 6) is -0.0726. The summed E-state index contributed by atoms with van der Waals surface area (Å²) < 4.78 is 45.1. The summed E-state index contributed by atoms with van der Waals surface area (Å²) in [5, 5.41) is 7.77. The van der Waals surface area contributed by atoms with Crippen LogP contribution in [0.25, 0.3) is 11.2 Å². The number of amides is 2. The molecule has 46 heavy (non-hydrogen) atoms. The Labute approximate surface area is 266 Å². The van der Waals surface area contributed by atoms with E-state index in [-0.39, 0.29) is 24.7 Å². The number of carbonyl (C=O) groups excluding carboxylic acids is 2. The van der Waals surface area contributed by atoms with Gasteiger partial charge in [0.15, 0.2) is 5.65 Å². The van der Waals surface area contributed by atoms with E-state index in [1.165, 1.54) is 4.90 Å². The number of nitrogens with zero attached hydrogens (tertiary/aromatic N) is 6. The molecule has 0 saturated carbocycles. The van der Waals surface area contributed by atoms with Crippen LogP contribution in [-0.2, 0) is 9.53 Å². The summed E-state index contributed by atoms with van der Waals surface area (Å²) in [6.45, 7) is 8.19. The summed E-state index contributed by atoms with van der Waals surface area (Å²) in [4.78, 5) is 36.1. The van der Waals surface area contributed by atoms with Gasteiger partial charge in [-0.15, -0.1) is 5.10 Å². The number of carbonyl (C=O) groups is 2. The Kier molecular flexibility index (Phi) is 9.32. The first-order valence-corrected chi connectivity index (χ1v) is 16.0. The molecule has 13 heteroatoms. The number of benzene rings is 1. The minimum atomic E-state index is -4.35. The standard InChI is InChI=1S/C33H40F3N7O3/c1-22-20-42(21-23(2)46-22)27-12-18-41(19-13-27)31(45)25-5-7-26(8-6-25)37-32-38-30-28(4-3-15-43(30)39-32)24-10-16-40(17-11-24)29(44)9-14-33(34,35)36/h3-8,10,15,22-23,27H,9,11-14,16-21H2,1-2H3,(H,37,39)/t22-,23+. The zero-order chi connectivity index (χ0) is 32.4. The molecule has 10 nitrogen and oxygen atoms in total. The third-order valence-corrected chi connectivity index (χ3v) is 9.00. The number of fused-ring (bicyclic) bond motifs is 1. The van der Waals surface area contributed by atoms with Gasteiger partial charge < -0.3 is 19.9 Å². The molecule has 0 unspecified atom stereocenters. The second-order valence-corrected chi connectivity index (χ2v) is 12.5. The number of pyridine rings is 1. The molecular weight excluding hydrogens is 599 g/mol. The van der Waals surface area contributed by atoms with Gasteiger partial charge in [0.25, 0.3) is 5.91 Å². The average Bonchev–Trinajstić information content (AvgIpc) is 3.46.